The van der Waals surface area contributed by atoms with Gasteiger partial charge in [0.25, 0.3) is 11.8 Å². The third kappa shape index (κ3) is 5.31. The molecule has 0 spiro atoms. The molecule has 3 aromatic carbocycles. The van der Waals surface area contributed by atoms with E-state index in [1.165, 1.54) is 24.3 Å². The summed E-state index contributed by atoms with van der Waals surface area (Å²) < 4.78 is 22.0. The fourth-order valence-corrected chi connectivity index (χ4v) is 4.37. The average molecular weight is 637 g/mol. The van der Waals surface area contributed by atoms with Crippen LogP contribution in [0.1, 0.15) is 11.1 Å². The number of anilines is 1. The molecule has 1 heterocycles. The van der Waals surface area contributed by atoms with Crippen LogP contribution in [0.2, 0.25) is 0 Å². The lowest BCUT2D eigenvalue weighted by atomic mass is 10.1. The molecule has 9 heteroatoms. The van der Waals surface area contributed by atoms with Crippen molar-refractivity contribution >= 4 is 79.4 Å². The van der Waals surface area contributed by atoms with Crippen LogP contribution in [0.15, 0.2) is 76.8 Å². The highest BCUT2D eigenvalue weighted by molar-refractivity contribution is 14.1. The van der Waals surface area contributed by atoms with Crippen LogP contribution in [0.5, 0.6) is 5.75 Å². The summed E-state index contributed by atoms with van der Waals surface area (Å²) in [5.41, 5.74) is 1.47. The van der Waals surface area contributed by atoms with Gasteiger partial charge in [0.1, 0.15) is 23.7 Å². The molecule has 0 saturated carbocycles. The van der Waals surface area contributed by atoms with E-state index in [9.17, 15) is 14.0 Å². The van der Waals surface area contributed by atoms with Gasteiger partial charge in [-0.05, 0) is 88.4 Å². The van der Waals surface area contributed by atoms with E-state index in [0.29, 0.717) is 17.9 Å². The number of para-hydroxylation sites is 1. The maximum Gasteiger partial charge on any atom is 0.270 e. The van der Waals surface area contributed by atoms with Crippen molar-refractivity contribution in [1.82, 2.24) is 5.32 Å². The SMILES string of the molecule is O=C1NC(=S)N(c2ccccc2F)C(=O)/C1=C/c1ccc(OCc2ccc(Br)cc2)c(I)c1. The maximum atomic E-state index is 14.3. The molecule has 0 radical (unpaired) electrons. The van der Waals surface area contributed by atoms with Crippen LogP contribution in [0.25, 0.3) is 6.08 Å². The van der Waals surface area contributed by atoms with Crippen molar-refractivity contribution < 1.29 is 18.7 Å². The van der Waals surface area contributed by atoms with Gasteiger partial charge in [-0.1, -0.05) is 46.3 Å². The molecule has 0 bridgehead atoms. The Hall–Kier alpha value is -2.63. The lowest BCUT2D eigenvalue weighted by Crippen LogP contribution is -2.54. The van der Waals surface area contributed by atoms with E-state index < -0.39 is 17.6 Å². The minimum Gasteiger partial charge on any atom is -0.488 e. The van der Waals surface area contributed by atoms with Gasteiger partial charge in [-0.25, -0.2) is 9.29 Å². The third-order valence-corrected chi connectivity index (χ3v) is 6.43. The summed E-state index contributed by atoms with van der Waals surface area (Å²) in [4.78, 5) is 26.5. The molecule has 4 rings (SSSR count). The highest BCUT2D eigenvalue weighted by Gasteiger charge is 2.35. The summed E-state index contributed by atoms with van der Waals surface area (Å²) in [6, 6.07) is 18.9. The summed E-state index contributed by atoms with van der Waals surface area (Å²) in [6.45, 7) is 0.402. The second-order valence-corrected chi connectivity index (χ2v) is 9.48. The molecule has 2 amide bonds. The lowest BCUT2D eigenvalue weighted by molar-refractivity contribution is -0.122. The van der Waals surface area contributed by atoms with Crippen molar-refractivity contribution in [2.45, 2.75) is 6.61 Å². The number of halogens is 3. The fourth-order valence-electron chi connectivity index (χ4n) is 3.14. The van der Waals surface area contributed by atoms with Crippen LogP contribution in [-0.4, -0.2) is 16.9 Å². The van der Waals surface area contributed by atoms with Gasteiger partial charge in [-0.2, -0.15) is 0 Å². The molecule has 1 fully saturated rings. The zero-order chi connectivity index (χ0) is 23.5. The van der Waals surface area contributed by atoms with Gasteiger partial charge in [-0.15, -0.1) is 0 Å². The molecule has 166 valence electrons. The van der Waals surface area contributed by atoms with Crippen molar-refractivity contribution in [3.8, 4) is 5.75 Å². The Balaban J connectivity index is 1.57. The topological polar surface area (TPSA) is 58.6 Å². The number of rotatable bonds is 5. The van der Waals surface area contributed by atoms with E-state index in [2.05, 4.69) is 43.8 Å². The number of nitrogens with zero attached hydrogens (tertiary/aromatic N) is 1. The predicted molar refractivity (Wildman–Crippen MR) is 140 cm³/mol. The summed E-state index contributed by atoms with van der Waals surface area (Å²) in [7, 11) is 0. The maximum absolute atomic E-state index is 14.3. The zero-order valence-corrected chi connectivity index (χ0v) is 21.4. The lowest BCUT2D eigenvalue weighted by Gasteiger charge is -2.29. The first-order valence-electron chi connectivity index (χ1n) is 9.66. The van der Waals surface area contributed by atoms with Crippen molar-refractivity contribution in [3.05, 3.63) is 97.3 Å². The Bertz CT molecular complexity index is 1300. The average Bonchev–Trinajstić information content (AvgIpc) is 2.78. The van der Waals surface area contributed by atoms with Crippen LogP contribution in [-0.2, 0) is 16.2 Å². The number of thiocarbonyl (C=S) groups is 1. The monoisotopic (exact) mass is 636 g/mol. The molecule has 0 aromatic heterocycles. The van der Waals surface area contributed by atoms with E-state index >= 15 is 0 Å². The number of benzene rings is 3. The van der Waals surface area contributed by atoms with Crippen LogP contribution >= 0.6 is 50.7 Å². The number of carbonyl (C=O) groups is 2. The number of hydrogen-bond donors (Lipinski definition) is 1. The summed E-state index contributed by atoms with van der Waals surface area (Å²) in [6.07, 6.45) is 1.45. The Morgan fingerprint density at radius 3 is 2.52 bits per heavy atom. The molecule has 1 N–H and O–H groups in total. The minimum absolute atomic E-state index is 0.0235. The number of nitrogens with one attached hydrogen (secondary N) is 1. The number of hydrogen-bond acceptors (Lipinski definition) is 4. The highest BCUT2D eigenvalue weighted by atomic mass is 127. The van der Waals surface area contributed by atoms with Crippen molar-refractivity contribution in [1.29, 1.82) is 0 Å². The zero-order valence-electron chi connectivity index (χ0n) is 16.8. The minimum atomic E-state index is -0.695. The second kappa shape index (κ2) is 10.1. The second-order valence-electron chi connectivity index (χ2n) is 7.01. The molecule has 3 aromatic rings. The predicted octanol–water partition coefficient (Wildman–Crippen LogP) is 5.60. The Kier molecular flexibility index (Phi) is 7.20. The molecular weight excluding hydrogens is 622 g/mol. The van der Waals surface area contributed by atoms with Gasteiger partial charge in [0.15, 0.2) is 5.11 Å². The van der Waals surface area contributed by atoms with Crippen LogP contribution in [0.4, 0.5) is 10.1 Å². The number of carbonyl (C=O) groups excluding carboxylic acids is 2. The van der Waals surface area contributed by atoms with Gasteiger partial charge in [0.05, 0.1) is 9.26 Å². The Morgan fingerprint density at radius 2 is 1.82 bits per heavy atom. The molecule has 0 aliphatic carbocycles. The molecule has 1 saturated heterocycles. The van der Waals surface area contributed by atoms with Crippen LogP contribution < -0.4 is 15.0 Å². The van der Waals surface area contributed by atoms with Gasteiger partial charge >= 0.3 is 0 Å². The van der Waals surface area contributed by atoms with E-state index in [0.717, 1.165) is 18.5 Å². The van der Waals surface area contributed by atoms with Gasteiger partial charge in [-0.3, -0.25) is 14.9 Å². The Morgan fingerprint density at radius 1 is 1.09 bits per heavy atom. The van der Waals surface area contributed by atoms with E-state index in [1.54, 1.807) is 24.3 Å². The molecular formula is C24H15BrFIN2O3S. The van der Waals surface area contributed by atoms with Crippen LogP contribution in [0.3, 0.4) is 0 Å². The summed E-state index contributed by atoms with van der Waals surface area (Å²) >= 11 is 10.7. The number of amides is 2. The summed E-state index contributed by atoms with van der Waals surface area (Å²) in [5.74, 6) is -1.28. The van der Waals surface area contributed by atoms with E-state index in [-0.39, 0.29) is 16.4 Å². The molecule has 0 unspecified atom stereocenters. The first-order chi connectivity index (χ1) is 15.8. The standard InChI is InChI=1S/C24H15BrFIN2O3S/c25-16-8-5-14(6-9-16)13-32-21-10-7-15(12-19(21)27)11-17-22(30)28-24(33)29(23(17)31)20-4-2-1-3-18(20)26/h1-12H,13H2,(H,28,30,33)/b17-11+. The highest BCUT2D eigenvalue weighted by Crippen LogP contribution is 2.27. The first kappa shape index (κ1) is 23.5. The van der Waals surface area contributed by atoms with Gasteiger partial charge < -0.3 is 4.74 Å². The molecule has 5 nitrogen and oxygen atoms in total. The smallest absolute Gasteiger partial charge is 0.270 e. The third-order valence-electron chi connectivity index (χ3n) is 4.77. The Labute approximate surface area is 216 Å². The summed E-state index contributed by atoms with van der Waals surface area (Å²) in [5, 5.41) is 2.29. The fraction of sp³-hybridized carbons (Fsp3) is 0.0417. The number of ether oxygens (including phenoxy) is 1. The van der Waals surface area contributed by atoms with Crippen molar-refractivity contribution in [3.63, 3.8) is 0 Å². The quantitative estimate of drug-likeness (QED) is 0.171. The van der Waals surface area contributed by atoms with Gasteiger partial charge in [0.2, 0.25) is 0 Å². The molecule has 1 aliphatic rings. The van der Waals surface area contributed by atoms with Crippen LogP contribution in [0, 0.1) is 9.39 Å². The molecule has 33 heavy (non-hydrogen) atoms. The van der Waals surface area contributed by atoms with E-state index in [1.807, 2.05) is 24.3 Å². The van der Waals surface area contributed by atoms with Crippen molar-refractivity contribution in [2.24, 2.45) is 0 Å². The molecule has 0 atom stereocenters. The van der Waals surface area contributed by atoms with Gasteiger partial charge in [0, 0.05) is 4.47 Å². The first-order valence-corrected chi connectivity index (χ1v) is 11.9. The molecule has 1 aliphatic heterocycles. The van der Waals surface area contributed by atoms with Crippen molar-refractivity contribution in [2.75, 3.05) is 4.90 Å². The normalized spacial score (nSPS) is 15.1. The largest absolute Gasteiger partial charge is 0.488 e. The van der Waals surface area contributed by atoms with E-state index in [4.69, 9.17) is 17.0 Å².